The van der Waals surface area contributed by atoms with Crippen LogP contribution in [0, 0.1) is 16.7 Å². The lowest BCUT2D eigenvalue weighted by atomic mass is 9.72. The lowest BCUT2D eigenvalue weighted by molar-refractivity contribution is -0.174. The first kappa shape index (κ1) is 14.3. The summed E-state index contributed by atoms with van der Waals surface area (Å²) in [4.78, 5) is 0. The number of rotatable bonds is 5. The highest BCUT2D eigenvalue weighted by Gasteiger charge is 2.31. The van der Waals surface area contributed by atoms with Crippen molar-refractivity contribution in [1.82, 2.24) is 0 Å². The van der Waals surface area contributed by atoms with Gasteiger partial charge in [0.15, 0.2) is 0 Å². The molecule has 1 rings (SSSR count). The van der Waals surface area contributed by atoms with E-state index in [1.807, 2.05) is 0 Å². The van der Waals surface area contributed by atoms with Crippen LogP contribution in [-0.2, 0) is 4.74 Å². The molecule has 0 heterocycles. The van der Waals surface area contributed by atoms with E-state index in [2.05, 4.69) is 10.8 Å². The van der Waals surface area contributed by atoms with E-state index in [0.29, 0.717) is 12.8 Å². The van der Waals surface area contributed by atoms with Gasteiger partial charge in [0.1, 0.15) is 6.61 Å². The average molecular weight is 249 g/mol. The van der Waals surface area contributed by atoms with Crippen molar-refractivity contribution in [2.75, 3.05) is 13.2 Å². The van der Waals surface area contributed by atoms with E-state index in [0.717, 1.165) is 32.1 Å². The summed E-state index contributed by atoms with van der Waals surface area (Å²) in [5.41, 5.74) is -0.306. The van der Waals surface area contributed by atoms with Crippen LogP contribution in [0.5, 0.6) is 0 Å². The molecule has 0 unspecified atom stereocenters. The summed E-state index contributed by atoms with van der Waals surface area (Å²) in [6, 6.07) is 2.35. The zero-order chi connectivity index (χ0) is 12.8. The minimum absolute atomic E-state index is 0.0862. The second-order valence-electron chi connectivity index (χ2n) is 4.72. The van der Waals surface area contributed by atoms with E-state index < -0.39 is 12.8 Å². The van der Waals surface area contributed by atoms with E-state index in [9.17, 15) is 13.2 Å². The highest BCUT2D eigenvalue weighted by Crippen LogP contribution is 2.39. The number of ether oxygens (including phenoxy) is 1. The number of halogens is 3. The van der Waals surface area contributed by atoms with Gasteiger partial charge in [-0.3, -0.25) is 0 Å². The Morgan fingerprint density at radius 3 is 2.35 bits per heavy atom. The molecule has 0 aromatic carbocycles. The standard InChI is InChI=1S/C12H18F3NO/c13-12(14,15)10-17-8-4-7-11(9-16)5-2-1-3-6-11/h1-8,10H2. The van der Waals surface area contributed by atoms with Crippen LogP contribution in [0.3, 0.4) is 0 Å². The smallest absolute Gasteiger partial charge is 0.372 e. The van der Waals surface area contributed by atoms with Crippen LogP contribution in [0.1, 0.15) is 44.9 Å². The second-order valence-corrected chi connectivity index (χ2v) is 4.72. The monoisotopic (exact) mass is 249 g/mol. The highest BCUT2D eigenvalue weighted by atomic mass is 19.4. The van der Waals surface area contributed by atoms with Crippen LogP contribution < -0.4 is 0 Å². The van der Waals surface area contributed by atoms with Crippen molar-refractivity contribution in [3.05, 3.63) is 0 Å². The van der Waals surface area contributed by atoms with Gasteiger partial charge in [-0.05, 0) is 25.7 Å². The SMILES string of the molecule is N#CC1(CCCOCC(F)(F)F)CCCCC1. The van der Waals surface area contributed by atoms with Crippen LogP contribution >= 0.6 is 0 Å². The number of hydrogen-bond donors (Lipinski definition) is 0. The molecule has 17 heavy (non-hydrogen) atoms. The van der Waals surface area contributed by atoms with Crippen molar-refractivity contribution < 1.29 is 17.9 Å². The number of hydrogen-bond acceptors (Lipinski definition) is 2. The van der Waals surface area contributed by atoms with Gasteiger partial charge in [-0.2, -0.15) is 18.4 Å². The molecular formula is C12H18F3NO. The lowest BCUT2D eigenvalue weighted by Gasteiger charge is -2.30. The molecular weight excluding hydrogens is 231 g/mol. The summed E-state index contributed by atoms with van der Waals surface area (Å²) in [5, 5.41) is 9.16. The molecule has 0 amide bonds. The maximum atomic E-state index is 11.8. The summed E-state index contributed by atoms with van der Waals surface area (Å²) >= 11 is 0. The Bertz CT molecular complexity index is 264. The van der Waals surface area contributed by atoms with Gasteiger partial charge < -0.3 is 4.74 Å². The molecule has 0 aromatic rings. The van der Waals surface area contributed by atoms with E-state index >= 15 is 0 Å². The van der Waals surface area contributed by atoms with Gasteiger partial charge in [-0.1, -0.05) is 19.3 Å². The van der Waals surface area contributed by atoms with Crippen molar-refractivity contribution in [2.45, 2.75) is 51.1 Å². The Labute approximate surface area is 99.8 Å². The molecule has 0 bridgehead atoms. The minimum atomic E-state index is -4.25. The van der Waals surface area contributed by atoms with Crippen molar-refractivity contribution in [1.29, 1.82) is 5.26 Å². The molecule has 0 N–H and O–H groups in total. The predicted molar refractivity (Wildman–Crippen MR) is 57.2 cm³/mol. The molecule has 1 fully saturated rings. The quantitative estimate of drug-likeness (QED) is 0.694. The largest absolute Gasteiger partial charge is 0.411 e. The van der Waals surface area contributed by atoms with Gasteiger partial charge in [-0.25, -0.2) is 0 Å². The zero-order valence-corrected chi connectivity index (χ0v) is 9.85. The van der Waals surface area contributed by atoms with Crippen LogP contribution in [0.15, 0.2) is 0 Å². The molecule has 5 heteroatoms. The predicted octanol–water partition coefficient (Wildman–Crippen LogP) is 3.82. The highest BCUT2D eigenvalue weighted by molar-refractivity contribution is 5.00. The third-order valence-corrected chi connectivity index (χ3v) is 3.26. The Balaban J connectivity index is 2.18. The van der Waals surface area contributed by atoms with Crippen molar-refractivity contribution in [3.63, 3.8) is 0 Å². The molecule has 2 nitrogen and oxygen atoms in total. The molecule has 0 spiro atoms. The van der Waals surface area contributed by atoms with Gasteiger partial charge >= 0.3 is 6.18 Å². The summed E-state index contributed by atoms with van der Waals surface area (Å²) in [6.45, 7) is -1.10. The van der Waals surface area contributed by atoms with Crippen LogP contribution in [0.25, 0.3) is 0 Å². The molecule has 1 saturated carbocycles. The summed E-state index contributed by atoms with van der Waals surface area (Å²) in [7, 11) is 0. The fraction of sp³-hybridized carbons (Fsp3) is 0.917. The molecule has 0 aliphatic heterocycles. The average Bonchev–Trinajstić information content (AvgIpc) is 2.28. The third-order valence-electron chi connectivity index (χ3n) is 3.26. The van der Waals surface area contributed by atoms with Crippen LogP contribution in [-0.4, -0.2) is 19.4 Å². The Morgan fingerprint density at radius 2 is 1.82 bits per heavy atom. The Kier molecular flexibility index (Phi) is 5.26. The summed E-state index contributed by atoms with van der Waals surface area (Å²) < 4.78 is 39.9. The first-order chi connectivity index (χ1) is 7.97. The van der Waals surface area contributed by atoms with Crippen molar-refractivity contribution in [3.8, 4) is 6.07 Å². The maximum absolute atomic E-state index is 11.8. The number of nitriles is 1. The van der Waals surface area contributed by atoms with Gasteiger partial charge in [0.25, 0.3) is 0 Å². The van der Waals surface area contributed by atoms with Gasteiger partial charge in [-0.15, -0.1) is 0 Å². The molecule has 0 saturated heterocycles. The molecule has 0 radical (unpaired) electrons. The van der Waals surface area contributed by atoms with Gasteiger partial charge in [0.05, 0.1) is 11.5 Å². The Morgan fingerprint density at radius 1 is 1.18 bits per heavy atom. The Hall–Kier alpha value is -0.760. The van der Waals surface area contributed by atoms with Crippen LogP contribution in [0.4, 0.5) is 13.2 Å². The minimum Gasteiger partial charge on any atom is -0.372 e. The maximum Gasteiger partial charge on any atom is 0.411 e. The molecule has 0 aromatic heterocycles. The van der Waals surface area contributed by atoms with Gasteiger partial charge in [0.2, 0.25) is 0 Å². The zero-order valence-electron chi connectivity index (χ0n) is 9.85. The number of alkyl halides is 3. The van der Waals surface area contributed by atoms with Crippen molar-refractivity contribution in [2.24, 2.45) is 5.41 Å². The van der Waals surface area contributed by atoms with Crippen molar-refractivity contribution >= 4 is 0 Å². The molecule has 98 valence electrons. The molecule has 1 aliphatic rings. The number of nitrogens with zero attached hydrogens (tertiary/aromatic N) is 1. The topological polar surface area (TPSA) is 33.0 Å². The van der Waals surface area contributed by atoms with E-state index in [1.165, 1.54) is 0 Å². The fourth-order valence-electron chi connectivity index (χ4n) is 2.35. The van der Waals surface area contributed by atoms with Crippen LogP contribution in [0.2, 0.25) is 0 Å². The normalized spacial score (nSPS) is 19.9. The summed E-state index contributed by atoms with van der Waals surface area (Å²) in [5.74, 6) is 0. The first-order valence-corrected chi connectivity index (χ1v) is 6.03. The second kappa shape index (κ2) is 6.25. The van der Waals surface area contributed by atoms with E-state index in [-0.39, 0.29) is 12.0 Å². The lowest BCUT2D eigenvalue weighted by Crippen LogP contribution is -2.23. The fourth-order valence-corrected chi connectivity index (χ4v) is 2.35. The van der Waals surface area contributed by atoms with Gasteiger partial charge in [0, 0.05) is 6.61 Å². The first-order valence-electron chi connectivity index (χ1n) is 6.03. The van der Waals surface area contributed by atoms with E-state index in [4.69, 9.17) is 5.26 Å². The van der Waals surface area contributed by atoms with E-state index in [1.54, 1.807) is 0 Å². The molecule has 0 atom stereocenters. The summed E-state index contributed by atoms with van der Waals surface area (Å²) in [6.07, 6.45) is 1.95. The molecule has 1 aliphatic carbocycles. The third kappa shape index (κ3) is 5.40.